The van der Waals surface area contributed by atoms with Crippen molar-refractivity contribution >= 4 is 21.7 Å². The second-order valence-corrected chi connectivity index (χ2v) is 7.76. The van der Waals surface area contributed by atoms with Crippen LogP contribution in [0.5, 0.6) is 0 Å². The van der Waals surface area contributed by atoms with Crippen LogP contribution in [0.4, 0.5) is 0 Å². The minimum atomic E-state index is 0.0474. The molecule has 18 heavy (non-hydrogen) atoms. The molecule has 1 nitrogen and oxygen atoms in total. The lowest BCUT2D eigenvalue weighted by Crippen LogP contribution is -2.35. The molecular weight excluding hydrogens is 288 g/mol. The highest BCUT2D eigenvalue weighted by molar-refractivity contribution is 9.10. The first-order chi connectivity index (χ1) is 8.36. The molecule has 0 bridgehead atoms. The van der Waals surface area contributed by atoms with Crippen LogP contribution in [0.2, 0.25) is 0 Å². The van der Waals surface area contributed by atoms with Crippen molar-refractivity contribution in [3.8, 4) is 0 Å². The third-order valence-corrected chi connectivity index (χ3v) is 6.38. The molecule has 1 fully saturated rings. The van der Waals surface area contributed by atoms with Crippen molar-refractivity contribution in [1.82, 2.24) is 0 Å². The Kier molecular flexibility index (Phi) is 6.37. The molecular formula is C16H29BrO. The SMILES string of the molecule is CC1C(Br)C(=O)CCCCCCCC(C)(C)C1C. The summed E-state index contributed by atoms with van der Waals surface area (Å²) in [6.07, 6.45) is 8.29. The Hall–Kier alpha value is 0.150. The molecule has 0 aromatic carbocycles. The van der Waals surface area contributed by atoms with Gasteiger partial charge in [0.25, 0.3) is 0 Å². The fraction of sp³-hybridized carbons (Fsp3) is 0.938. The average molecular weight is 317 g/mol. The summed E-state index contributed by atoms with van der Waals surface area (Å²) in [7, 11) is 0. The molecule has 1 saturated carbocycles. The van der Waals surface area contributed by atoms with Gasteiger partial charge in [-0.25, -0.2) is 0 Å². The smallest absolute Gasteiger partial charge is 0.146 e. The number of carbonyl (C=O) groups is 1. The van der Waals surface area contributed by atoms with Gasteiger partial charge < -0.3 is 0 Å². The van der Waals surface area contributed by atoms with Crippen LogP contribution in [0.25, 0.3) is 0 Å². The minimum absolute atomic E-state index is 0.0474. The molecule has 1 aliphatic carbocycles. The Balaban J connectivity index is 2.77. The first-order valence-electron chi connectivity index (χ1n) is 7.53. The average Bonchev–Trinajstić information content (AvgIpc) is 2.33. The summed E-state index contributed by atoms with van der Waals surface area (Å²) >= 11 is 3.65. The third kappa shape index (κ3) is 4.36. The summed E-state index contributed by atoms with van der Waals surface area (Å²) in [5, 5.41) is 0. The quantitative estimate of drug-likeness (QED) is 0.550. The van der Waals surface area contributed by atoms with Crippen LogP contribution in [-0.4, -0.2) is 10.6 Å². The van der Waals surface area contributed by atoms with Gasteiger partial charge in [0, 0.05) is 6.42 Å². The van der Waals surface area contributed by atoms with Crippen LogP contribution in [-0.2, 0) is 4.79 Å². The van der Waals surface area contributed by atoms with E-state index in [1.54, 1.807) is 0 Å². The van der Waals surface area contributed by atoms with E-state index in [0.717, 1.165) is 12.8 Å². The first-order valence-corrected chi connectivity index (χ1v) is 8.44. The highest BCUT2D eigenvalue weighted by Crippen LogP contribution is 2.40. The molecule has 0 aromatic rings. The molecule has 106 valence electrons. The largest absolute Gasteiger partial charge is 0.298 e. The molecule has 0 radical (unpaired) electrons. The number of ketones is 1. The van der Waals surface area contributed by atoms with Gasteiger partial charge in [0.15, 0.2) is 0 Å². The summed E-state index contributed by atoms with van der Waals surface area (Å²) in [5.74, 6) is 1.41. The van der Waals surface area contributed by atoms with Gasteiger partial charge in [0.2, 0.25) is 0 Å². The first kappa shape index (κ1) is 16.2. The van der Waals surface area contributed by atoms with Crippen LogP contribution in [0, 0.1) is 17.3 Å². The van der Waals surface area contributed by atoms with E-state index in [0.29, 0.717) is 23.0 Å². The van der Waals surface area contributed by atoms with Crippen LogP contribution in [0.15, 0.2) is 0 Å². The van der Waals surface area contributed by atoms with E-state index >= 15 is 0 Å². The summed E-state index contributed by atoms with van der Waals surface area (Å²) < 4.78 is 0. The lowest BCUT2D eigenvalue weighted by Gasteiger charge is -2.38. The third-order valence-electron chi connectivity index (χ3n) is 5.03. The van der Waals surface area contributed by atoms with Gasteiger partial charge in [-0.15, -0.1) is 0 Å². The zero-order valence-electron chi connectivity index (χ0n) is 12.5. The maximum atomic E-state index is 12.2. The van der Waals surface area contributed by atoms with Crippen LogP contribution in [0.1, 0.15) is 72.6 Å². The topological polar surface area (TPSA) is 17.1 Å². The summed E-state index contributed by atoms with van der Waals surface area (Å²) in [5.41, 5.74) is 0.338. The maximum absolute atomic E-state index is 12.2. The molecule has 0 aromatic heterocycles. The number of alkyl halides is 1. The van der Waals surface area contributed by atoms with Gasteiger partial charge in [-0.3, -0.25) is 4.79 Å². The fourth-order valence-corrected chi connectivity index (χ4v) is 3.72. The number of halogens is 1. The number of Topliss-reactive ketones (excluding diaryl/α,β-unsaturated/α-hetero) is 1. The fourth-order valence-electron chi connectivity index (χ4n) is 3.03. The van der Waals surface area contributed by atoms with Crippen molar-refractivity contribution in [3.05, 3.63) is 0 Å². The molecule has 2 heteroatoms. The Morgan fingerprint density at radius 1 is 1.06 bits per heavy atom. The Bertz CT molecular complexity index is 272. The van der Waals surface area contributed by atoms with E-state index in [-0.39, 0.29) is 4.83 Å². The molecule has 3 unspecified atom stereocenters. The highest BCUT2D eigenvalue weighted by Gasteiger charge is 2.35. The van der Waals surface area contributed by atoms with Crippen molar-refractivity contribution in [1.29, 1.82) is 0 Å². The van der Waals surface area contributed by atoms with Gasteiger partial charge in [0.1, 0.15) is 5.78 Å². The lowest BCUT2D eigenvalue weighted by atomic mass is 9.69. The predicted octanol–water partition coefficient (Wildman–Crippen LogP) is 5.36. The van der Waals surface area contributed by atoms with Gasteiger partial charge in [0.05, 0.1) is 4.83 Å². The molecule has 0 spiro atoms. The summed E-state index contributed by atoms with van der Waals surface area (Å²) in [6, 6.07) is 0. The van der Waals surface area contributed by atoms with E-state index in [2.05, 4.69) is 43.6 Å². The van der Waals surface area contributed by atoms with E-state index < -0.39 is 0 Å². The van der Waals surface area contributed by atoms with Gasteiger partial charge in [-0.2, -0.15) is 0 Å². The Labute approximate surface area is 121 Å². The van der Waals surface area contributed by atoms with Crippen molar-refractivity contribution in [3.63, 3.8) is 0 Å². The van der Waals surface area contributed by atoms with E-state index in [9.17, 15) is 4.79 Å². The summed E-state index contributed by atoms with van der Waals surface area (Å²) in [6.45, 7) is 9.28. The van der Waals surface area contributed by atoms with Crippen LogP contribution < -0.4 is 0 Å². The van der Waals surface area contributed by atoms with E-state index in [4.69, 9.17) is 0 Å². The lowest BCUT2D eigenvalue weighted by molar-refractivity contribution is -0.119. The molecule has 0 amide bonds. The van der Waals surface area contributed by atoms with Crippen molar-refractivity contribution in [2.45, 2.75) is 77.5 Å². The molecule has 0 heterocycles. The molecule has 3 atom stereocenters. The number of rotatable bonds is 0. The van der Waals surface area contributed by atoms with E-state index in [1.807, 2.05) is 0 Å². The van der Waals surface area contributed by atoms with Gasteiger partial charge >= 0.3 is 0 Å². The maximum Gasteiger partial charge on any atom is 0.146 e. The monoisotopic (exact) mass is 316 g/mol. The number of hydrogen-bond donors (Lipinski definition) is 0. The van der Waals surface area contributed by atoms with Gasteiger partial charge in [-0.1, -0.05) is 69.3 Å². The normalized spacial score (nSPS) is 35.6. The summed E-state index contributed by atoms with van der Waals surface area (Å²) in [4.78, 5) is 12.2. The molecule has 0 aliphatic heterocycles. The Morgan fingerprint density at radius 3 is 2.28 bits per heavy atom. The molecule has 0 saturated heterocycles. The molecule has 0 N–H and O–H groups in total. The van der Waals surface area contributed by atoms with Crippen molar-refractivity contribution in [2.24, 2.45) is 17.3 Å². The van der Waals surface area contributed by atoms with Crippen molar-refractivity contribution < 1.29 is 4.79 Å². The second-order valence-electron chi connectivity index (χ2n) is 6.77. The molecule has 1 aliphatic rings. The van der Waals surface area contributed by atoms with Crippen LogP contribution in [0.3, 0.4) is 0 Å². The van der Waals surface area contributed by atoms with E-state index in [1.165, 1.54) is 32.1 Å². The van der Waals surface area contributed by atoms with Crippen LogP contribution >= 0.6 is 15.9 Å². The predicted molar refractivity (Wildman–Crippen MR) is 82.2 cm³/mol. The highest BCUT2D eigenvalue weighted by atomic mass is 79.9. The zero-order valence-corrected chi connectivity index (χ0v) is 14.1. The number of hydrogen-bond acceptors (Lipinski definition) is 1. The minimum Gasteiger partial charge on any atom is -0.298 e. The molecule has 1 rings (SSSR count). The number of carbonyl (C=O) groups excluding carboxylic acids is 1. The van der Waals surface area contributed by atoms with Gasteiger partial charge in [-0.05, 0) is 30.1 Å². The van der Waals surface area contributed by atoms with Crippen molar-refractivity contribution in [2.75, 3.05) is 0 Å². The Morgan fingerprint density at radius 2 is 1.61 bits per heavy atom. The zero-order chi connectivity index (χ0) is 13.8. The second kappa shape index (κ2) is 7.07. The standard InChI is InChI=1S/C16H29BrO/c1-12-13(2)16(3,4)11-9-7-5-6-8-10-14(18)15(12)17/h12-13,15H,5-11H2,1-4H3.